The van der Waals surface area contributed by atoms with Crippen molar-refractivity contribution in [2.24, 2.45) is 0 Å². The number of hydrogen-bond donors (Lipinski definition) is 0. The van der Waals surface area contributed by atoms with Crippen LogP contribution in [0, 0.1) is 0 Å². The molecule has 0 amide bonds. The summed E-state index contributed by atoms with van der Waals surface area (Å²) in [7, 11) is 0. The van der Waals surface area contributed by atoms with Crippen LogP contribution in [0.15, 0.2) is 0 Å². The van der Waals surface area contributed by atoms with E-state index in [2.05, 4.69) is 27.7 Å². The van der Waals surface area contributed by atoms with Crippen LogP contribution in [0.2, 0.25) is 17.7 Å². The van der Waals surface area contributed by atoms with E-state index >= 15 is 0 Å². The summed E-state index contributed by atoms with van der Waals surface area (Å²) in [5.74, 6) is 0. The van der Waals surface area contributed by atoms with Gasteiger partial charge in [0.1, 0.15) is 0 Å². The summed E-state index contributed by atoms with van der Waals surface area (Å²) in [5, 5.41) is 0. The van der Waals surface area contributed by atoms with Crippen molar-refractivity contribution >= 4 is 18.4 Å². The van der Waals surface area contributed by atoms with Crippen molar-refractivity contribution in [3.8, 4) is 0 Å². The SMILES string of the molecule is CCCCCC[CH2][Sn]([CH2]C)([CH2]C)[CH2]CCCCCC. The molecule has 0 unspecified atom stereocenters. The average molecular weight is 375 g/mol. The second-order valence-corrected chi connectivity index (χ2v) is 22.0. The van der Waals surface area contributed by atoms with Crippen LogP contribution in [0.5, 0.6) is 0 Å². The summed E-state index contributed by atoms with van der Waals surface area (Å²) in [5.41, 5.74) is 0. The van der Waals surface area contributed by atoms with Crippen molar-refractivity contribution in [1.29, 1.82) is 0 Å². The summed E-state index contributed by atoms with van der Waals surface area (Å²) in [6.45, 7) is 9.66. The number of rotatable bonds is 14. The van der Waals surface area contributed by atoms with E-state index in [9.17, 15) is 0 Å². The molecule has 0 spiro atoms. The molecule has 0 aliphatic carbocycles. The first-order valence-corrected chi connectivity index (χ1v) is 17.3. The number of unbranched alkanes of at least 4 members (excludes halogenated alkanes) is 8. The molecule has 0 heterocycles. The average Bonchev–Trinajstić information content (AvgIpc) is 2.45. The molecule has 0 saturated heterocycles. The fraction of sp³-hybridized carbons (Fsp3) is 1.00. The predicted molar refractivity (Wildman–Crippen MR) is 93.8 cm³/mol. The van der Waals surface area contributed by atoms with E-state index in [1.807, 2.05) is 0 Å². The van der Waals surface area contributed by atoms with Crippen LogP contribution in [0.1, 0.15) is 91.9 Å². The van der Waals surface area contributed by atoms with E-state index in [1.165, 1.54) is 51.4 Å². The molecule has 0 radical (unpaired) electrons. The van der Waals surface area contributed by atoms with Crippen LogP contribution >= 0.6 is 0 Å². The normalized spacial score (nSPS) is 12.0. The van der Waals surface area contributed by atoms with Gasteiger partial charge in [0.15, 0.2) is 0 Å². The zero-order valence-electron chi connectivity index (χ0n) is 14.4. The molecule has 0 aliphatic heterocycles. The van der Waals surface area contributed by atoms with E-state index in [0.29, 0.717) is 0 Å². The fourth-order valence-electron chi connectivity index (χ4n) is 3.29. The molecule has 0 N–H and O–H groups in total. The molecule has 0 aromatic rings. The summed E-state index contributed by atoms with van der Waals surface area (Å²) in [6, 6.07) is 0. The van der Waals surface area contributed by atoms with Gasteiger partial charge in [0.05, 0.1) is 0 Å². The van der Waals surface area contributed by atoms with Crippen molar-refractivity contribution in [3.05, 3.63) is 0 Å². The van der Waals surface area contributed by atoms with Crippen molar-refractivity contribution in [1.82, 2.24) is 0 Å². The molecule has 0 aromatic carbocycles. The maximum atomic E-state index is 2.51. The molecule has 0 fully saturated rings. The van der Waals surface area contributed by atoms with Gasteiger partial charge >= 0.3 is 128 Å². The van der Waals surface area contributed by atoms with Crippen molar-refractivity contribution in [3.63, 3.8) is 0 Å². The van der Waals surface area contributed by atoms with Gasteiger partial charge in [-0.25, -0.2) is 0 Å². The van der Waals surface area contributed by atoms with Crippen LogP contribution in [-0.2, 0) is 0 Å². The Morgan fingerprint density at radius 2 is 0.842 bits per heavy atom. The van der Waals surface area contributed by atoms with E-state index in [1.54, 1.807) is 30.6 Å². The topological polar surface area (TPSA) is 0 Å². The molecule has 0 atom stereocenters. The Morgan fingerprint density at radius 3 is 1.16 bits per heavy atom. The van der Waals surface area contributed by atoms with Crippen LogP contribution < -0.4 is 0 Å². The minimum absolute atomic E-state index is 1.38. The zero-order valence-corrected chi connectivity index (χ0v) is 17.3. The third-order valence-corrected chi connectivity index (χ3v) is 21.8. The fourth-order valence-corrected chi connectivity index (χ4v) is 15.2. The van der Waals surface area contributed by atoms with Crippen molar-refractivity contribution in [2.45, 2.75) is 110 Å². The molecular weight excluding hydrogens is 335 g/mol. The van der Waals surface area contributed by atoms with E-state index in [4.69, 9.17) is 0 Å². The Hall–Kier alpha value is 0.799. The van der Waals surface area contributed by atoms with Gasteiger partial charge in [0.2, 0.25) is 0 Å². The molecular formula is C18H40Sn. The Balaban J connectivity index is 3.83. The Kier molecular flexibility index (Phi) is 14.3. The molecule has 0 aromatic heterocycles. The Morgan fingerprint density at radius 1 is 0.474 bits per heavy atom. The second-order valence-electron chi connectivity index (χ2n) is 6.54. The standard InChI is InChI=1S/2C7H15.2C2H5.Sn/c2*1-3-5-7-6-4-2;2*1-2;/h2*1,3-7H2,2H3;2*1H2,2H3;. The molecule has 0 bridgehead atoms. The minimum atomic E-state index is -1.65. The third-order valence-electron chi connectivity index (χ3n) is 5.12. The molecule has 1 heteroatoms. The quantitative estimate of drug-likeness (QED) is 0.219. The van der Waals surface area contributed by atoms with Gasteiger partial charge in [-0.1, -0.05) is 0 Å². The molecule has 0 saturated carbocycles. The monoisotopic (exact) mass is 376 g/mol. The first-order valence-electron chi connectivity index (χ1n) is 9.24. The molecule has 0 rings (SSSR count). The Labute approximate surface area is 128 Å². The summed E-state index contributed by atoms with van der Waals surface area (Å²) in [6.07, 6.45) is 14.8. The first-order chi connectivity index (χ1) is 9.24. The van der Waals surface area contributed by atoms with Gasteiger partial charge in [-0.2, -0.15) is 0 Å². The van der Waals surface area contributed by atoms with Crippen LogP contribution in [0.4, 0.5) is 0 Å². The molecule has 0 nitrogen and oxygen atoms in total. The van der Waals surface area contributed by atoms with Gasteiger partial charge in [-0.15, -0.1) is 0 Å². The summed E-state index contributed by atoms with van der Waals surface area (Å²) in [4.78, 5) is 0. The van der Waals surface area contributed by atoms with Gasteiger partial charge < -0.3 is 0 Å². The number of hydrogen-bond acceptors (Lipinski definition) is 0. The molecule has 0 aliphatic rings. The summed E-state index contributed by atoms with van der Waals surface area (Å²) < 4.78 is 6.60. The van der Waals surface area contributed by atoms with E-state index < -0.39 is 18.4 Å². The van der Waals surface area contributed by atoms with Gasteiger partial charge in [0.25, 0.3) is 0 Å². The maximum absolute atomic E-state index is 2.51. The van der Waals surface area contributed by atoms with Crippen molar-refractivity contribution in [2.75, 3.05) is 0 Å². The Bertz CT molecular complexity index is 157. The van der Waals surface area contributed by atoms with Gasteiger partial charge in [-0.3, -0.25) is 0 Å². The van der Waals surface area contributed by atoms with Crippen molar-refractivity contribution < 1.29 is 0 Å². The third kappa shape index (κ3) is 10.2. The van der Waals surface area contributed by atoms with Crippen LogP contribution in [-0.4, -0.2) is 18.4 Å². The van der Waals surface area contributed by atoms with Crippen LogP contribution in [0.3, 0.4) is 0 Å². The van der Waals surface area contributed by atoms with E-state index in [-0.39, 0.29) is 0 Å². The summed E-state index contributed by atoms with van der Waals surface area (Å²) >= 11 is -1.65. The van der Waals surface area contributed by atoms with Gasteiger partial charge in [-0.05, 0) is 0 Å². The first kappa shape index (κ1) is 19.8. The molecule has 116 valence electrons. The predicted octanol–water partition coefficient (Wildman–Crippen LogP) is 7.42. The van der Waals surface area contributed by atoms with Crippen LogP contribution in [0.25, 0.3) is 0 Å². The second kappa shape index (κ2) is 13.8. The van der Waals surface area contributed by atoms with Gasteiger partial charge in [0, 0.05) is 0 Å². The zero-order chi connectivity index (χ0) is 14.4. The molecule has 19 heavy (non-hydrogen) atoms. The van der Waals surface area contributed by atoms with E-state index in [0.717, 1.165) is 0 Å².